The molecule has 0 aromatic rings. The Hall–Kier alpha value is 1.33. The molecule has 0 spiro atoms. The van der Waals surface area contributed by atoms with E-state index < -0.39 is 7.80 Å². The molecule has 0 aliphatic carbocycles. The van der Waals surface area contributed by atoms with Crippen molar-refractivity contribution in [2.24, 2.45) is 0 Å². The molecule has 0 aliphatic heterocycles. The van der Waals surface area contributed by atoms with E-state index in [-0.39, 0.29) is 32.7 Å². The zero-order valence-corrected chi connectivity index (χ0v) is 8.90. The largest absolute Gasteiger partial charge is 0.327 e. The summed E-state index contributed by atoms with van der Waals surface area (Å²) in [5.74, 6) is 0. The molecule has 0 heterocycles. The van der Waals surface area contributed by atoms with Gasteiger partial charge in [-0.15, -0.1) is 0 Å². The fourth-order valence-corrected chi connectivity index (χ4v) is 0. The van der Waals surface area contributed by atoms with Crippen molar-refractivity contribution in [3.05, 3.63) is 0 Å². The normalized spacial score (nSPS) is 13.1. The van der Waals surface area contributed by atoms with Gasteiger partial charge in [-0.2, -0.15) is 0 Å². The van der Waals surface area contributed by atoms with Crippen molar-refractivity contribution in [1.82, 2.24) is 0 Å². The van der Waals surface area contributed by atoms with E-state index in [1.165, 1.54) is 0 Å². The maximum absolute atomic E-state index is 10.3. The molecule has 1 atom stereocenters. The topological polar surface area (TPSA) is 17.1 Å². The van der Waals surface area contributed by atoms with Crippen LogP contribution in [0.15, 0.2) is 0 Å². The minimum atomic E-state index is -1.20. The third kappa shape index (κ3) is 7.33. The molecular formula is C4H11OPY. The number of hydrogen-bond donors (Lipinski definition) is 0. The van der Waals surface area contributed by atoms with Gasteiger partial charge in [-0.25, -0.2) is 0 Å². The van der Waals surface area contributed by atoms with Gasteiger partial charge in [0.15, 0.2) is 0 Å². The first-order valence-corrected chi connectivity index (χ1v) is 4.13. The van der Waals surface area contributed by atoms with Crippen molar-refractivity contribution < 1.29 is 37.3 Å². The van der Waals surface area contributed by atoms with Gasteiger partial charge in [0.2, 0.25) is 0 Å². The van der Waals surface area contributed by atoms with Crippen LogP contribution in [-0.2, 0) is 37.3 Å². The van der Waals surface area contributed by atoms with E-state index in [0.717, 1.165) is 0 Å². The van der Waals surface area contributed by atoms with E-state index in [0.29, 0.717) is 5.66 Å². The molecule has 3 heteroatoms. The summed E-state index contributed by atoms with van der Waals surface area (Å²) in [7, 11) is -1.20. The third-order valence-electron chi connectivity index (χ3n) is 0.813. The SMILES string of the molecule is CC(C)[PH](C)=O.[Y]. The Morgan fingerprint density at radius 3 is 1.57 bits per heavy atom. The van der Waals surface area contributed by atoms with Crippen molar-refractivity contribution >= 4 is 7.80 Å². The first-order valence-electron chi connectivity index (χ1n) is 2.15. The van der Waals surface area contributed by atoms with Crippen LogP contribution in [0.2, 0.25) is 0 Å². The van der Waals surface area contributed by atoms with Crippen LogP contribution in [0.3, 0.4) is 0 Å². The molecule has 0 saturated heterocycles. The molecule has 1 radical (unpaired) electrons. The average molecular weight is 195 g/mol. The Labute approximate surface area is 70.9 Å². The van der Waals surface area contributed by atoms with Crippen LogP contribution >= 0.6 is 7.80 Å². The van der Waals surface area contributed by atoms with E-state index in [1.807, 2.05) is 13.8 Å². The van der Waals surface area contributed by atoms with Gasteiger partial charge >= 0.3 is 0 Å². The first kappa shape index (κ1) is 11.2. The second-order valence-corrected chi connectivity index (χ2v) is 4.14. The molecule has 0 N–H and O–H groups in total. The van der Waals surface area contributed by atoms with Gasteiger partial charge in [0.1, 0.15) is 0 Å². The van der Waals surface area contributed by atoms with Gasteiger partial charge in [0.05, 0.1) is 7.80 Å². The maximum Gasteiger partial charge on any atom is 0.0756 e. The van der Waals surface area contributed by atoms with Crippen molar-refractivity contribution in [2.45, 2.75) is 19.5 Å². The maximum atomic E-state index is 10.3. The summed E-state index contributed by atoms with van der Waals surface area (Å²) in [4.78, 5) is 0. The van der Waals surface area contributed by atoms with E-state index in [2.05, 4.69) is 0 Å². The van der Waals surface area contributed by atoms with Crippen LogP contribution < -0.4 is 0 Å². The Bertz CT molecular complexity index is 62.7. The number of hydrogen-bond acceptors (Lipinski definition) is 1. The summed E-state index contributed by atoms with van der Waals surface area (Å²) in [6.45, 7) is 5.73. The van der Waals surface area contributed by atoms with E-state index in [9.17, 15) is 4.57 Å². The Morgan fingerprint density at radius 2 is 1.57 bits per heavy atom. The van der Waals surface area contributed by atoms with E-state index in [4.69, 9.17) is 0 Å². The standard InChI is InChI=1S/C4H11OP.Y/c1-4(2)6(3)5;/h4,6H,1-3H3;. The summed E-state index contributed by atoms with van der Waals surface area (Å²) in [5.41, 5.74) is 0.398. The smallest absolute Gasteiger partial charge is 0.0756 e. The van der Waals surface area contributed by atoms with Crippen LogP contribution in [0.25, 0.3) is 0 Å². The molecule has 0 aromatic heterocycles. The third-order valence-corrected chi connectivity index (χ3v) is 2.44. The van der Waals surface area contributed by atoms with Gasteiger partial charge in [0, 0.05) is 38.4 Å². The van der Waals surface area contributed by atoms with Gasteiger partial charge in [0.25, 0.3) is 0 Å². The van der Waals surface area contributed by atoms with Crippen LogP contribution in [0.5, 0.6) is 0 Å². The zero-order chi connectivity index (χ0) is 5.15. The van der Waals surface area contributed by atoms with E-state index in [1.54, 1.807) is 6.66 Å². The molecule has 1 nitrogen and oxygen atoms in total. The molecule has 0 aliphatic rings. The van der Waals surface area contributed by atoms with Gasteiger partial charge in [-0.05, 0) is 6.66 Å². The van der Waals surface area contributed by atoms with Gasteiger partial charge in [-0.1, -0.05) is 13.8 Å². The Balaban J connectivity index is 0. The molecule has 7 heavy (non-hydrogen) atoms. The molecule has 0 aromatic carbocycles. The quantitative estimate of drug-likeness (QED) is 0.580. The predicted molar refractivity (Wildman–Crippen MR) is 30.1 cm³/mol. The predicted octanol–water partition coefficient (Wildman–Crippen LogP) is 1.58. The summed E-state index contributed by atoms with van der Waals surface area (Å²) < 4.78 is 10.3. The summed E-state index contributed by atoms with van der Waals surface area (Å²) >= 11 is 0. The van der Waals surface area contributed by atoms with E-state index >= 15 is 0 Å². The first-order chi connectivity index (χ1) is 2.64. The molecule has 1 unspecified atom stereocenters. The van der Waals surface area contributed by atoms with Crippen molar-refractivity contribution in [2.75, 3.05) is 6.66 Å². The Morgan fingerprint density at radius 1 is 1.43 bits per heavy atom. The van der Waals surface area contributed by atoms with Crippen molar-refractivity contribution in [3.63, 3.8) is 0 Å². The fraction of sp³-hybridized carbons (Fsp3) is 1.00. The molecule has 0 saturated carbocycles. The molecule has 0 rings (SSSR count). The van der Waals surface area contributed by atoms with Crippen LogP contribution in [-0.4, -0.2) is 12.3 Å². The molecule has 0 bridgehead atoms. The minimum Gasteiger partial charge on any atom is -0.327 e. The van der Waals surface area contributed by atoms with Crippen molar-refractivity contribution in [3.8, 4) is 0 Å². The average Bonchev–Trinajstić information content (AvgIpc) is 1.36. The zero-order valence-electron chi connectivity index (χ0n) is 5.06. The molecule has 0 amide bonds. The van der Waals surface area contributed by atoms with Crippen LogP contribution in [0, 0.1) is 0 Å². The van der Waals surface area contributed by atoms with Gasteiger partial charge in [-0.3, -0.25) is 0 Å². The van der Waals surface area contributed by atoms with Crippen LogP contribution in [0.1, 0.15) is 13.8 Å². The number of rotatable bonds is 1. The second-order valence-electron chi connectivity index (χ2n) is 1.77. The molecule has 41 valence electrons. The summed E-state index contributed by atoms with van der Waals surface area (Å²) in [5, 5.41) is 0. The summed E-state index contributed by atoms with van der Waals surface area (Å²) in [6, 6.07) is 0. The second kappa shape index (κ2) is 5.47. The monoisotopic (exact) mass is 195 g/mol. The summed E-state index contributed by atoms with van der Waals surface area (Å²) in [6.07, 6.45) is 0. The van der Waals surface area contributed by atoms with Crippen molar-refractivity contribution in [1.29, 1.82) is 0 Å². The fourth-order valence-electron chi connectivity index (χ4n) is 0. The molecule has 0 fully saturated rings. The Kier molecular flexibility index (Phi) is 8.73. The molecular weight excluding hydrogens is 184 g/mol. The van der Waals surface area contributed by atoms with Crippen LogP contribution in [0.4, 0.5) is 0 Å². The minimum absolute atomic E-state index is 0. The van der Waals surface area contributed by atoms with Gasteiger partial charge < -0.3 is 4.57 Å².